The normalized spacial score (nSPS) is 23.8. The van der Waals surface area contributed by atoms with Gasteiger partial charge in [0.1, 0.15) is 0 Å². The molecule has 0 aromatic carbocycles. The Labute approximate surface area is 80.5 Å². The summed E-state index contributed by atoms with van der Waals surface area (Å²) in [6.45, 7) is 8.00. The van der Waals surface area contributed by atoms with Crippen LogP contribution >= 0.6 is 0 Å². The number of hydrogen-bond acceptors (Lipinski definition) is 2. The zero-order valence-electron chi connectivity index (χ0n) is 8.84. The van der Waals surface area contributed by atoms with Gasteiger partial charge in [0.2, 0.25) is 5.91 Å². The molecule has 0 radical (unpaired) electrons. The number of nitrogens with one attached hydrogen (secondary N) is 1. The predicted octanol–water partition coefficient (Wildman–Crippen LogP) is 0.995. The van der Waals surface area contributed by atoms with Gasteiger partial charge >= 0.3 is 0 Å². The van der Waals surface area contributed by atoms with E-state index in [2.05, 4.69) is 24.1 Å². The molecular formula is C10H20N2O. The summed E-state index contributed by atoms with van der Waals surface area (Å²) >= 11 is 0. The molecule has 0 aromatic heterocycles. The minimum Gasteiger partial charge on any atom is -0.355 e. The molecule has 1 atom stereocenters. The molecule has 76 valence electrons. The highest BCUT2D eigenvalue weighted by Crippen LogP contribution is 2.18. The molecule has 1 aliphatic heterocycles. The van der Waals surface area contributed by atoms with Crippen LogP contribution in [0.1, 0.15) is 33.6 Å². The van der Waals surface area contributed by atoms with Crippen LogP contribution < -0.4 is 5.32 Å². The molecule has 1 aliphatic rings. The molecule has 0 saturated carbocycles. The van der Waals surface area contributed by atoms with Crippen molar-refractivity contribution >= 4 is 5.91 Å². The van der Waals surface area contributed by atoms with Gasteiger partial charge < -0.3 is 5.32 Å². The summed E-state index contributed by atoms with van der Waals surface area (Å²) in [5, 5.41) is 2.89. The number of likely N-dealkylation sites (tertiary alicyclic amines) is 1. The molecule has 13 heavy (non-hydrogen) atoms. The van der Waals surface area contributed by atoms with Crippen molar-refractivity contribution < 1.29 is 4.79 Å². The Morgan fingerprint density at radius 1 is 1.62 bits per heavy atom. The van der Waals surface area contributed by atoms with Gasteiger partial charge in [0, 0.05) is 25.6 Å². The maximum atomic E-state index is 10.7. The molecule has 0 spiro atoms. The fourth-order valence-corrected chi connectivity index (χ4v) is 2.02. The largest absolute Gasteiger partial charge is 0.355 e. The summed E-state index contributed by atoms with van der Waals surface area (Å²) in [6, 6.07) is 1.16. The summed E-state index contributed by atoms with van der Waals surface area (Å²) in [4.78, 5) is 13.2. The van der Waals surface area contributed by atoms with Gasteiger partial charge in [-0.2, -0.15) is 0 Å². The SMILES string of the molecule is CC(=O)NCC1CCCN1C(C)C. The van der Waals surface area contributed by atoms with Crippen LogP contribution in [-0.2, 0) is 4.79 Å². The van der Waals surface area contributed by atoms with Crippen molar-refractivity contribution in [2.24, 2.45) is 0 Å². The highest BCUT2D eigenvalue weighted by Gasteiger charge is 2.25. The fourth-order valence-electron chi connectivity index (χ4n) is 2.02. The lowest BCUT2D eigenvalue weighted by Crippen LogP contribution is -2.42. The van der Waals surface area contributed by atoms with Gasteiger partial charge in [-0.1, -0.05) is 0 Å². The molecule has 3 nitrogen and oxygen atoms in total. The Balaban J connectivity index is 2.35. The minimum atomic E-state index is 0.0793. The van der Waals surface area contributed by atoms with Crippen LogP contribution in [0.15, 0.2) is 0 Å². The van der Waals surface area contributed by atoms with E-state index in [4.69, 9.17) is 0 Å². The maximum Gasteiger partial charge on any atom is 0.216 e. The number of nitrogens with zero attached hydrogens (tertiary/aromatic N) is 1. The van der Waals surface area contributed by atoms with E-state index in [1.807, 2.05) is 0 Å². The second-order valence-corrected chi connectivity index (χ2v) is 4.06. The third kappa shape index (κ3) is 2.99. The van der Waals surface area contributed by atoms with Crippen LogP contribution in [0.5, 0.6) is 0 Å². The van der Waals surface area contributed by atoms with Crippen molar-refractivity contribution in [2.45, 2.75) is 45.7 Å². The summed E-state index contributed by atoms with van der Waals surface area (Å²) in [6.07, 6.45) is 2.49. The van der Waals surface area contributed by atoms with Gasteiger partial charge in [-0.25, -0.2) is 0 Å². The first-order chi connectivity index (χ1) is 6.11. The van der Waals surface area contributed by atoms with Gasteiger partial charge in [-0.3, -0.25) is 9.69 Å². The smallest absolute Gasteiger partial charge is 0.216 e. The van der Waals surface area contributed by atoms with E-state index in [1.54, 1.807) is 6.92 Å². The average Bonchev–Trinajstić information content (AvgIpc) is 2.47. The van der Waals surface area contributed by atoms with E-state index in [9.17, 15) is 4.79 Å². The molecule has 3 heteroatoms. The number of carbonyl (C=O) groups is 1. The van der Waals surface area contributed by atoms with Crippen molar-refractivity contribution in [3.8, 4) is 0 Å². The average molecular weight is 184 g/mol. The molecule has 1 N–H and O–H groups in total. The fraction of sp³-hybridized carbons (Fsp3) is 0.900. The second-order valence-electron chi connectivity index (χ2n) is 4.06. The Morgan fingerprint density at radius 3 is 2.85 bits per heavy atom. The third-order valence-electron chi connectivity index (χ3n) is 2.67. The maximum absolute atomic E-state index is 10.7. The van der Waals surface area contributed by atoms with Gasteiger partial charge in [-0.05, 0) is 33.2 Å². The molecular weight excluding hydrogens is 164 g/mol. The second kappa shape index (κ2) is 4.61. The summed E-state index contributed by atoms with van der Waals surface area (Å²) in [5.41, 5.74) is 0. The standard InChI is InChI=1S/C10H20N2O/c1-8(2)12-6-4-5-10(12)7-11-9(3)13/h8,10H,4-7H2,1-3H3,(H,11,13). The van der Waals surface area contributed by atoms with Gasteiger partial charge in [0.05, 0.1) is 0 Å². The lowest BCUT2D eigenvalue weighted by Gasteiger charge is -2.28. The quantitative estimate of drug-likeness (QED) is 0.709. The molecule has 0 bridgehead atoms. The van der Waals surface area contributed by atoms with Crippen molar-refractivity contribution in [1.82, 2.24) is 10.2 Å². The summed E-state index contributed by atoms with van der Waals surface area (Å²) < 4.78 is 0. The summed E-state index contributed by atoms with van der Waals surface area (Å²) in [5.74, 6) is 0.0793. The first kappa shape index (κ1) is 10.5. The number of carbonyl (C=O) groups excluding carboxylic acids is 1. The highest BCUT2D eigenvalue weighted by molar-refractivity contribution is 5.72. The van der Waals surface area contributed by atoms with Crippen molar-refractivity contribution in [3.63, 3.8) is 0 Å². The molecule has 1 heterocycles. The van der Waals surface area contributed by atoms with E-state index in [-0.39, 0.29) is 5.91 Å². The van der Waals surface area contributed by atoms with Crippen LogP contribution in [0.25, 0.3) is 0 Å². The first-order valence-electron chi connectivity index (χ1n) is 5.11. The monoisotopic (exact) mass is 184 g/mol. The predicted molar refractivity (Wildman–Crippen MR) is 53.5 cm³/mol. The zero-order valence-corrected chi connectivity index (χ0v) is 8.84. The molecule has 1 saturated heterocycles. The minimum absolute atomic E-state index is 0.0793. The zero-order chi connectivity index (χ0) is 9.84. The number of hydrogen-bond donors (Lipinski definition) is 1. The van der Waals surface area contributed by atoms with Crippen molar-refractivity contribution in [1.29, 1.82) is 0 Å². The van der Waals surface area contributed by atoms with E-state index in [0.717, 1.165) is 6.54 Å². The van der Waals surface area contributed by atoms with E-state index >= 15 is 0 Å². The van der Waals surface area contributed by atoms with E-state index < -0.39 is 0 Å². The first-order valence-corrected chi connectivity index (χ1v) is 5.11. The Morgan fingerprint density at radius 2 is 2.31 bits per heavy atom. The van der Waals surface area contributed by atoms with E-state index in [1.165, 1.54) is 19.4 Å². The molecule has 0 aromatic rings. The van der Waals surface area contributed by atoms with Crippen molar-refractivity contribution in [2.75, 3.05) is 13.1 Å². The van der Waals surface area contributed by atoms with Gasteiger partial charge in [-0.15, -0.1) is 0 Å². The Kier molecular flexibility index (Phi) is 3.72. The number of rotatable bonds is 3. The lowest BCUT2D eigenvalue weighted by atomic mass is 10.2. The van der Waals surface area contributed by atoms with Crippen LogP contribution in [0.4, 0.5) is 0 Å². The van der Waals surface area contributed by atoms with Crippen LogP contribution in [-0.4, -0.2) is 36.0 Å². The topological polar surface area (TPSA) is 32.3 Å². The molecule has 1 rings (SSSR count). The van der Waals surface area contributed by atoms with Gasteiger partial charge in [0.25, 0.3) is 0 Å². The Hall–Kier alpha value is -0.570. The molecule has 0 aliphatic carbocycles. The van der Waals surface area contributed by atoms with Crippen LogP contribution in [0.3, 0.4) is 0 Å². The Bertz CT molecular complexity index is 180. The van der Waals surface area contributed by atoms with Crippen LogP contribution in [0, 0.1) is 0 Å². The number of amides is 1. The lowest BCUT2D eigenvalue weighted by molar-refractivity contribution is -0.119. The van der Waals surface area contributed by atoms with Gasteiger partial charge in [0.15, 0.2) is 0 Å². The highest BCUT2D eigenvalue weighted by atomic mass is 16.1. The third-order valence-corrected chi connectivity index (χ3v) is 2.67. The summed E-state index contributed by atoms with van der Waals surface area (Å²) in [7, 11) is 0. The molecule has 1 amide bonds. The molecule has 1 unspecified atom stereocenters. The molecule has 1 fully saturated rings. The van der Waals surface area contributed by atoms with E-state index in [0.29, 0.717) is 12.1 Å². The van der Waals surface area contributed by atoms with Crippen LogP contribution in [0.2, 0.25) is 0 Å². The van der Waals surface area contributed by atoms with Crippen molar-refractivity contribution in [3.05, 3.63) is 0 Å².